The minimum absolute atomic E-state index is 0.0378. The van der Waals surface area contributed by atoms with Crippen LogP contribution in [0.5, 0.6) is 0 Å². The van der Waals surface area contributed by atoms with Gasteiger partial charge in [-0.05, 0) is 55.9 Å². The highest BCUT2D eigenvalue weighted by atomic mass is 32.2. The zero-order valence-electron chi connectivity index (χ0n) is 19.1. The van der Waals surface area contributed by atoms with Crippen LogP contribution < -0.4 is 10.2 Å². The molecule has 1 aromatic carbocycles. The maximum absolute atomic E-state index is 12.0. The molecular formula is C22H25N7O5S. The van der Waals surface area contributed by atoms with Crippen LogP contribution in [0.2, 0.25) is 0 Å². The van der Waals surface area contributed by atoms with E-state index in [4.69, 9.17) is 4.52 Å². The molecule has 1 saturated carbocycles. The van der Waals surface area contributed by atoms with Gasteiger partial charge in [-0.25, -0.2) is 18.4 Å². The van der Waals surface area contributed by atoms with Crippen LogP contribution in [-0.2, 0) is 16.3 Å². The Hall–Kier alpha value is -3.61. The van der Waals surface area contributed by atoms with Crippen molar-refractivity contribution in [3.8, 4) is 0 Å². The van der Waals surface area contributed by atoms with E-state index in [-0.39, 0.29) is 28.1 Å². The molecule has 2 aromatic heterocycles. The van der Waals surface area contributed by atoms with Gasteiger partial charge in [-0.15, -0.1) is 0 Å². The lowest BCUT2D eigenvalue weighted by Crippen LogP contribution is -2.34. The van der Waals surface area contributed by atoms with E-state index in [1.165, 1.54) is 43.4 Å². The molecular weight excluding hydrogens is 474 g/mol. The molecule has 2 aliphatic rings. The van der Waals surface area contributed by atoms with Gasteiger partial charge in [-0.2, -0.15) is 4.98 Å². The van der Waals surface area contributed by atoms with Crippen LogP contribution in [0.4, 0.5) is 23.0 Å². The number of anilines is 3. The van der Waals surface area contributed by atoms with E-state index in [1.807, 2.05) is 4.90 Å². The molecule has 35 heavy (non-hydrogen) atoms. The maximum Gasteiger partial charge on any atom is 0.353 e. The molecule has 1 aliphatic carbocycles. The van der Waals surface area contributed by atoms with Crippen molar-refractivity contribution in [3.05, 3.63) is 52.4 Å². The highest BCUT2D eigenvalue weighted by molar-refractivity contribution is 7.90. The minimum atomic E-state index is -3.34. The average Bonchev–Trinajstić information content (AvgIpc) is 3.53. The third-order valence-corrected chi connectivity index (χ3v) is 7.45. The first-order valence-electron chi connectivity index (χ1n) is 11.4. The van der Waals surface area contributed by atoms with Gasteiger partial charge in [0.2, 0.25) is 17.5 Å². The van der Waals surface area contributed by atoms with E-state index in [0.29, 0.717) is 43.4 Å². The average molecular weight is 500 g/mol. The maximum atomic E-state index is 12.0. The highest BCUT2D eigenvalue weighted by Crippen LogP contribution is 2.37. The van der Waals surface area contributed by atoms with E-state index in [0.717, 1.165) is 18.5 Å². The second-order valence-corrected chi connectivity index (χ2v) is 11.0. The lowest BCUT2D eigenvalue weighted by atomic mass is 9.96. The van der Waals surface area contributed by atoms with Gasteiger partial charge < -0.3 is 14.7 Å². The molecule has 2 fully saturated rings. The number of rotatable bonds is 8. The molecule has 0 unspecified atom stereocenters. The smallest absolute Gasteiger partial charge is 0.351 e. The van der Waals surface area contributed by atoms with Crippen molar-refractivity contribution in [3.63, 3.8) is 0 Å². The van der Waals surface area contributed by atoms with Crippen molar-refractivity contribution in [2.75, 3.05) is 29.6 Å². The molecule has 1 aliphatic heterocycles. The van der Waals surface area contributed by atoms with Crippen molar-refractivity contribution in [2.45, 2.75) is 42.9 Å². The highest BCUT2D eigenvalue weighted by Gasteiger charge is 2.32. The predicted molar refractivity (Wildman–Crippen MR) is 126 cm³/mol. The van der Waals surface area contributed by atoms with Gasteiger partial charge in [0, 0.05) is 37.4 Å². The SMILES string of the molecule is CS(=O)(=O)c1ccc(Nc2ncnc(N3CCC(c4nc(CC5CC5)no4)CC3)c2[N+](=O)[O-])cc1. The summed E-state index contributed by atoms with van der Waals surface area (Å²) in [6.07, 6.45) is 7.13. The zero-order chi connectivity index (χ0) is 24.6. The Morgan fingerprint density at radius 3 is 2.49 bits per heavy atom. The normalized spacial score (nSPS) is 16.9. The zero-order valence-corrected chi connectivity index (χ0v) is 19.9. The van der Waals surface area contributed by atoms with Crippen LogP contribution in [-0.4, -0.2) is 52.8 Å². The molecule has 184 valence electrons. The fraction of sp³-hybridized carbons (Fsp3) is 0.455. The van der Waals surface area contributed by atoms with Crippen LogP contribution in [0.3, 0.4) is 0 Å². The standard InChI is InChI=1S/C22H25N7O5S/c1-35(32,33)17-6-4-16(5-7-17)25-20-19(29(30)31)21(24-13-23-20)28-10-8-15(9-11-28)22-26-18(27-34-22)12-14-2-3-14/h4-7,13-15H,2-3,8-12H2,1H3,(H,23,24,25). The number of benzene rings is 1. The van der Waals surface area contributed by atoms with Crippen LogP contribution in [0.1, 0.15) is 43.3 Å². The van der Waals surface area contributed by atoms with Crippen molar-refractivity contribution < 1.29 is 17.9 Å². The number of piperidine rings is 1. The van der Waals surface area contributed by atoms with Gasteiger partial charge in [-0.1, -0.05) is 5.16 Å². The Kier molecular flexibility index (Phi) is 6.09. The third kappa shape index (κ3) is 5.24. The van der Waals surface area contributed by atoms with Gasteiger partial charge in [0.25, 0.3) is 0 Å². The summed E-state index contributed by atoms with van der Waals surface area (Å²) in [6, 6.07) is 5.94. The van der Waals surface area contributed by atoms with Crippen molar-refractivity contribution in [1.29, 1.82) is 0 Å². The number of hydrogen-bond acceptors (Lipinski definition) is 11. The Bertz CT molecular complexity index is 1330. The van der Waals surface area contributed by atoms with Crippen LogP contribution >= 0.6 is 0 Å². The van der Waals surface area contributed by atoms with Gasteiger partial charge >= 0.3 is 5.69 Å². The Balaban J connectivity index is 1.30. The molecule has 0 bridgehead atoms. The van der Waals surface area contributed by atoms with E-state index >= 15 is 0 Å². The Morgan fingerprint density at radius 1 is 1.14 bits per heavy atom. The van der Waals surface area contributed by atoms with E-state index < -0.39 is 14.8 Å². The molecule has 0 atom stereocenters. The monoisotopic (exact) mass is 499 g/mol. The summed E-state index contributed by atoms with van der Waals surface area (Å²) in [7, 11) is -3.34. The first kappa shape index (κ1) is 23.1. The molecule has 1 N–H and O–H groups in total. The fourth-order valence-electron chi connectivity index (χ4n) is 4.22. The van der Waals surface area contributed by atoms with Gasteiger partial charge in [-0.3, -0.25) is 10.1 Å². The molecule has 1 saturated heterocycles. The fourth-order valence-corrected chi connectivity index (χ4v) is 4.85. The minimum Gasteiger partial charge on any atom is -0.351 e. The summed E-state index contributed by atoms with van der Waals surface area (Å²) in [5.41, 5.74) is 0.241. The van der Waals surface area contributed by atoms with Gasteiger partial charge in [0.05, 0.1) is 9.82 Å². The Morgan fingerprint density at radius 2 is 1.86 bits per heavy atom. The summed E-state index contributed by atoms with van der Waals surface area (Å²) in [4.78, 5) is 26.4. The topological polar surface area (TPSA) is 157 Å². The second-order valence-electron chi connectivity index (χ2n) is 9.03. The van der Waals surface area contributed by atoms with Crippen LogP contribution in [0, 0.1) is 16.0 Å². The number of sulfone groups is 1. The lowest BCUT2D eigenvalue weighted by Gasteiger charge is -2.30. The van der Waals surface area contributed by atoms with E-state index in [2.05, 4.69) is 25.4 Å². The largest absolute Gasteiger partial charge is 0.353 e. The summed E-state index contributed by atoms with van der Waals surface area (Å²) in [5.74, 6) is 2.46. The van der Waals surface area contributed by atoms with Crippen LogP contribution in [0.15, 0.2) is 40.0 Å². The number of nitrogens with zero attached hydrogens (tertiary/aromatic N) is 6. The van der Waals surface area contributed by atoms with Gasteiger partial charge in [0.15, 0.2) is 15.7 Å². The molecule has 0 amide bonds. The first-order chi connectivity index (χ1) is 16.8. The van der Waals surface area contributed by atoms with E-state index in [1.54, 1.807) is 0 Å². The summed E-state index contributed by atoms with van der Waals surface area (Å²) in [6.45, 7) is 1.09. The molecule has 0 spiro atoms. The molecule has 13 heteroatoms. The first-order valence-corrected chi connectivity index (χ1v) is 13.3. The molecule has 0 radical (unpaired) electrons. The second kappa shape index (κ2) is 9.21. The predicted octanol–water partition coefficient (Wildman–Crippen LogP) is 3.25. The molecule has 3 aromatic rings. The summed E-state index contributed by atoms with van der Waals surface area (Å²) >= 11 is 0. The molecule has 12 nitrogen and oxygen atoms in total. The molecule has 5 rings (SSSR count). The Labute approximate surface area is 201 Å². The van der Waals surface area contributed by atoms with Crippen molar-refractivity contribution in [2.24, 2.45) is 5.92 Å². The number of nitro groups is 1. The van der Waals surface area contributed by atoms with Crippen molar-refractivity contribution in [1.82, 2.24) is 20.1 Å². The number of nitrogens with one attached hydrogen (secondary N) is 1. The third-order valence-electron chi connectivity index (χ3n) is 6.33. The summed E-state index contributed by atoms with van der Waals surface area (Å²) in [5, 5.41) is 19.0. The molecule has 3 heterocycles. The van der Waals surface area contributed by atoms with Gasteiger partial charge in [0.1, 0.15) is 6.33 Å². The summed E-state index contributed by atoms with van der Waals surface area (Å²) < 4.78 is 28.8. The van der Waals surface area contributed by atoms with Crippen molar-refractivity contribution >= 4 is 32.8 Å². The quantitative estimate of drug-likeness (QED) is 0.358. The lowest BCUT2D eigenvalue weighted by molar-refractivity contribution is -0.383. The number of aromatic nitrogens is 4. The number of hydrogen-bond donors (Lipinski definition) is 1. The van der Waals surface area contributed by atoms with E-state index in [9.17, 15) is 18.5 Å². The van der Waals surface area contributed by atoms with Crippen LogP contribution in [0.25, 0.3) is 0 Å².